The van der Waals surface area contributed by atoms with Crippen molar-refractivity contribution in [3.8, 4) is 5.69 Å². The zero-order valence-electron chi connectivity index (χ0n) is 18.9. The first kappa shape index (κ1) is 21.9. The molecule has 2 aromatic heterocycles. The lowest BCUT2D eigenvalue weighted by molar-refractivity contribution is 0.139. The van der Waals surface area contributed by atoms with Gasteiger partial charge in [-0.25, -0.2) is 4.79 Å². The molecule has 1 amide bonds. The van der Waals surface area contributed by atoms with Gasteiger partial charge in [0.15, 0.2) is 5.82 Å². The highest BCUT2D eigenvalue weighted by atomic mass is 35.5. The summed E-state index contributed by atoms with van der Waals surface area (Å²) in [5, 5.41) is 19.2. The first-order valence-corrected chi connectivity index (χ1v) is 12.0. The molecule has 8 heteroatoms. The number of carboxylic acid groups (broad SMARTS) is 1. The Morgan fingerprint density at radius 2 is 1.82 bits per heavy atom. The van der Waals surface area contributed by atoms with Crippen molar-refractivity contribution in [2.24, 2.45) is 0 Å². The number of rotatable bonds is 3. The number of pyridine rings is 1. The molecular formula is C25H28ClN5O2. The number of amides is 1. The van der Waals surface area contributed by atoms with Crippen LogP contribution >= 0.6 is 11.6 Å². The molecule has 0 spiro atoms. The lowest BCUT2D eigenvalue weighted by Gasteiger charge is -2.28. The molecule has 1 fully saturated rings. The fourth-order valence-corrected chi connectivity index (χ4v) is 5.29. The van der Waals surface area contributed by atoms with Crippen LogP contribution in [0.3, 0.4) is 0 Å². The molecule has 3 aromatic rings. The minimum Gasteiger partial charge on any atom is -0.465 e. The van der Waals surface area contributed by atoms with Gasteiger partial charge in [-0.2, -0.15) is 0 Å². The van der Waals surface area contributed by atoms with E-state index in [1.165, 1.54) is 10.6 Å². The predicted octanol–water partition coefficient (Wildman–Crippen LogP) is 5.87. The Kier molecular flexibility index (Phi) is 5.83. The third-order valence-corrected chi connectivity index (χ3v) is 7.13. The third kappa shape index (κ3) is 4.22. The van der Waals surface area contributed by atoms with Crippen LogP contribution in [0.1, 0.15) is 85.9 Å². The van der Waals surface area contributed by atoms with Crippen LogP contribution in [0.4, 0.5) is 4.79 Å². The number of aromatic nitrogens is 4. The molecule has 0 radical (unpaired) electrons. The van der Waals surface area contributed by atoms with E-state index >= 15 is 0 Å². The van der Waals surface area contributed by atoms with Crippen molar-refractivity contribution < 1.29 is 9.90 Å². The zero-order chi connectivity index (χ0) is 23.1. The Bertz CT molecular complexity index is 1180. The van der Waals surface area contributed by atoms with E-state index in [-0.39, 0.29) is 19.0 Å². The highest BCUT2D eigenvalue weighted by molar-refractivity contribution is 6.30. The standard InChI is InChI=1S/C25H28ClN5O2/c1-15(2)20-4-3-5-21(27-20)16-6-8-17(9-7-16)24-29-28-23-14-30(25(32)33)13-18-12-19(26)10-11-22(18)31(23)24/h3-5,10-12,15-17H,6-9,13-14H2,1-2H3,(H,32,33)/t16-,17-. The predicted molar refractivity (Wildman–Crippen MR) is 126 cm³/mol. The van der Waals surface area contributed by atoms with Crippen LogP contribution < -0.4 is 0 Å². The van der Waals surface area contributed by atoms with Gasteiger partial charge in [-0.3, -0.25) is 14.5 Å². The second kappa shape index (κ2) is 8.78. The summed E-state index contributed by atoms with van der Waals surface area (Å²) in [6.07, 6.45) is 3.13. The summed E-state index contributed by atoms with van der Waals surface area (Å²) in [4.78, 5) is 18.1. The van der Waals surface area contributed by atoms with Gasteiger partial charge in [0, 0.05) is 28.2 Å². The summed E-state index contributed by atoms with van der Waals surface area (Å²) in [5.74, 6) is 2.73. The zero-order valence-corrected chi connectivity index (χ0v) is 19.7. The van der Waals surface area contributed by atoms with Crippen molar-refractivity contribution >= 4 is 17.7 Å². The molecule has 5 rings (SSSR count). The van der Waals surface area contributed by atoms with Crippen molar-refractivity contribution in [3.05, 3.63) is 70.0 Å². The van der Waals surface area contributed by atoms with Gasteiger partial charge in [-0.15, -0.1) is 10.2 Å². The van der Waals surface area contributed by atoms with Gasteiger partial charge in [0.25, 0.3) is 0 Å². The van der Waals surface area contributed by atoms with Crippen LogP contribution in [-0.2, 0) is 13.1 Å². The Hall–Kier alpha value is -2.93. The Labute approximate surface area is 198 Å². The van der Waals surface area contributed by atoms with Crippen molar-refractivity contribution in [1.29, 1.82) is 0 Å². The topological polar surface area (TPSA) is 84.1 Å². The lowest BCUT2D eigenvalue weighted by atomic mass is 9.79. The SMILES string of the molecule is CC(C)c1cccc([C@H]2CC[C@H](c3nnc4n3-c3ccc(Cl)cc3CN(C(=O)O)C4)CC2)n1. The van der Waals surface area contributed by atoms with Gasteiger partial charge in [0.1, 0.15) is 5.82 Å². The minimum absolute atomic E-state index is 0.204. The molecule has 1 N–H and O–H groups in total. The number of hydrogen-bond acceptors (Lipinski definition) is 4. The number of benzene rings is 1. The summed E-state index contributed by atoms with van der Waals surface area (Å²) < 4.78 is 2.07. The number of nitrogens with zero attached hydrogens (tertiary/aromatic N) is 5. The largest absolute Gasteiger partial charge is 0.465 e. The number of halogens is 1. The van der Waals surface area contributed by atoms with E-state index in [0.717, 1.165) is 48.5 Å². The second-order valence-electron chi connectivity index (χ2n) is 9.41. The van der Waals surface area contributed by atoms with Crippen LogP contribution in [0.2, 0.25) is 5.02 Å². The molecule has 1 aromatic carbocycles. The van der Waals surface area contributed by atoms with E-state index < -0.39 is 6.09 Å². The van der Waals surface area contributed by atoms with Crippen molar-refractivity contribution in [2.45, 2.75) is 70.4 Å². The van der Waals surface area contributed by atoms with Crippen molar-refractivity contribution in [2.75, 3.05) is 0 Å². The number of hydrogen-bond donors (Lipinski definition) is 1. The number of fused-ring (bicyclic) bond motifs is 3. The first-order valence-electron chi connectivity index (χ1n) is 11.6. The fourth-order valence-electron chi connectivity index (χ4n) is 5.09. The maximum atomic E-state index is 11.8. The molecule has 0 atom stereocenters. The van der Waals surface area contributed by atoms with Gasteiger partial charge in [-0.05, 0) is 67.5 Å². The normalized spacial score (nSPS) is 20.3. The molecule has 0 unspecified atom stereocenters. The van der Waals surface area contributed by atoms with Gasteiger partial charge < -0.3 is 5.11 Å². The molecule has 3 heterocycles. The minimum atomic E-state index is -0.976. The average molecular weight is 466 g/mol. The molecule has 0 saturated heterocycles. The molecule has 33 heavy (non-hydrogen) atoms. The molecule has 172 valence electrons. The third-order valence-electron chi connectivity index (χ3n) is 6.90. The molecule has 1 saturated carbocycles. The van der Waals surface area contributed by atoms with Gasteiger partial charge in [0.05, 0.1) is 18.8 Å². The Balaban J connectivity index is 1.42. The maximum Gasteiger partial charge on any atom is 0.408 e. The van der Waals surface area contributed by atoms with E-state index in [1.807, 2.05) is 18.2 Å². The fraction of sp³-hybridized carbons (Fsp3) is 0.440. The van der Waals surface area contributed by atoms with Crippen molar-refractivity contribution in [3.63, 3.8) is 0 Å². The molecule has 0 bridgehead atoms. The smallest absolute Gasteiger partial charge is 0.408 e. The van der Waals surface area contributed by atoms with E-state index in [0.29, 0.717) is 22.7 Å². The quantitative estimate of drug-likeness (QED) is 0.522. The van der Waals surface area contributed by atoms with E-state index in [2.05, 4.69) is 46.8 Å². The molecule has 1 aliphatic carbocycles. The summed E-state index contributed by atoms with van der Waals surface area (Å²) >= 11 is 6.24. The van der Waals surface area contributed by atoms with Gasteiger partial charge >= 0.3 is 6.09 Å². The van der Waals surface area contributed by atoms with Crippen LogP contribution in [0.5, 0.6) is 0 Å². The van der Waals surface area contributed by atoms with Crippen LogP contribution in [-0.4, -0.2) is 35.8 Å². The summed E-state index contributed by atoms with van der Waals surface area (Å²) in [6, 6.07) is 12.0. The number of carbonyl (C=O) groups is 1. The monoisotopic (exact) mass is 465 g/mol. The molecule has 1 aliphatic heterocycles. The summed E-state index contributed by atoms with van der Waals surface area (Å²) in [5.41, 5.74) is 4.13. The Morgan fingerprint density at radius 1 is 1.06 bits per heavy atom. The molecule has 2 aliphatic rings. The lowest BCUT2D eigenvalue weighted by Crippen LogP contribution is -2.27. The molecular weight excluding hydrogens is 438 g/mol. The van der Waals surface area contributed by atoms with Crippen molar-refractivity contribution in [1.82, 2.24) is 24.6 Å². The average Bonchev–Trinajstić information content (AvgIpc) is 3.14. The maximum absolute atomic E-state index is 11.8. The summed E-state index contributed by atoms with van der Waals surface area (Å²) in [7, 11) is 0. The van der Waals surface area contributed by atoms with Crippen LogP contribution in [0, 0.1) is 0 Å². The van der Waals surface area contributed by atoms with E-state index in [9.17, 15) is 9.90 Å². The first-order chi connectivity index (χ1) is 15.9. The highest BCUT2D eigenvalue weighted by Gasteiger charge is 2.32. The van der Waals surface area contributed by atoms with Crippen LogP contribution in [0.15, 0.2) is 36.4 Å². The Morgan fingerprint density at radius 3 is 2.55 bits per heavy atom. The second-order valence-corrected chi connectivity index (χ2v) is 9.85. The van der Waals surface area contributed by atoms with Gasteiger partial charge in [-0.1, -0.05) is 31.5 Å². The van der Waals surface area contributed by atoms with Gasteiger partial charge in [0.2, 0.25) is 0 Å². The summed E-state index contributed by atoms with van der Waals surface area (Å²) in [6.45, 7) is 4.83. The molecule has 7 nitrogen and oxygen atoms in total. The highest BCUT2D eigenvalue weighted by Crippen LogP contribution is 2.41. The van der Waals surface area contributed by atoms with E-state index in [4.69, 9.17) is 16.6 Å². The van der Waals surface area contributed by atoms with E-state index in [1.54, 1.807) is 0 Å². The van der Waals surface area contributed by atoms with Crippen LogP contribution in [0.25, 0.3) is 5.69 Å².